The lowest BCUT2D eigenvalue weighted by molar-refractivity contribution is 0.628. The van der Waals surface area contributed by atoms with Gasteiger partial charge in [0.2, 0.25) is 5.95 Å². The van der Waals surface area contributed by atoms with Crippen molar-refractivity contribution >= 4 is 17.5 Å². The van der Waals surface area contributed by atoms with Crippen LogP contribution in [-0.4, -0.2) is 21.2 Å². The average molecular weight is 261 g/mol. The molecule has 0 saturated heterocycles. The van der Waals surface area contributed by atoms with Crippen molar-refractivity contribution < 1.29 is 4.39 Å². The number of rotatable bonds is 5. The van der Waals surface area contributed by atoms with Crippen molar-refractivity contribution in [2.24, 2.45) is 0 Å². The number of anilines is 3. The zero-order valence-electron chi connectivity index (χ0n) is 10.9. The van der Waals surface area contributed by atoms with Gasteiger partial charge in [-0.05, 0) is 37.6 Å². The second-order valence-corrected chi connectivity index (χ2v) is 4.25. The summed E-state index contributed by atoms with van der Waals surface area (Å²) in [4.78, 5) is 4.29. The number of nitrogens with one attached hydrogen (secondary N) is 2. The SMILES string of the molecule is CCC(C)Nc1nncc(Nc2ccc(F)cc2)n1. The summed E-state index contributed by atoms with van der Waals surface area (Å²) in [5.74, 6) is 0.763. The second kappa shape index (κ2) is 6.08. The molecule has 2 aromatic rings. The molecule has 19 heavy (non-hydrogen) atoms. The molecule has 0 aliphatic heterocycles. The highest BCUT2D eigenvalue weighted by molar-refractivity contribution is 5.55. The Morgan fingerprint density at radius 1 is 1.26 bits per heavy atom. The van der Waals surface area contributed by atoms with E-state index in [4.69, 9.17) is 0 Å². The number of nitrogens with zero attached hydrogens (tertiary/aromatic N) is 3. The Labute approximate surface area is 111 Å². The molecule has 0 amide bonds. The van der Waals surface area contributed by atoms with E-state index in [0.29, 0.717) is 11.8 Å². The monoisotopic (exact) mass is 261 g/mol. The molecule has 0 bridgehead atoms. The summed E-state index contributed by atoms with van der Waals surface area (Å²) in [6.07, 6.45) is 2.49. The van der Waals surface area contributed by atoms with E-state index in [0.717, 1.165) is 12.1 Å². The van der Waals surface area contributed by atoms with Crippen molar-refractivity contribution in [1.29, 1.82) is 0 Å². The molecule has 0 radical (unpaired) electrons. The van der Waals surface area contributed by atoms with Gasteiger partial charge in [0.1, 0.15) is 5.82 Å². The lowest BCUT2D eigenvalue weighted by atomic mass is 10.3. The highest BCUT2D eigenvalue weighted by Gasteiger charge is 2.04. The molecule has 0 aliphatic rings. The fraction of sp³-hybridized carbons (Fsp3) is 0.308. The van der Waals surface area contributed by atoms with Gasteiger partial charge < -0.3 is 10.6 Å². The van der Waals surface area contributed by atoms with E-state index < -0.39 is 0 Å². The first-order valence-corrected chi connectivity index (χ1v) is 6.16. The Hall–Kier alpha value is -2.24. The number of halogens is 1. The molecule has 2 N–H and O–H groups in total. The minimum absolute atomic E-state index is 0.273. The highest BCUT2D eigenvalue weighted by Crippen LogP contribution is 2.15. The maximum atomic E-state index is 12.8. The molecule has 0 saturated carbocycles. The van der Waals surface area contributed by atoms with Gasteiger partial charge >= 0.3 is 0 Å². The number of hydrogen-bond donors (Lipinski definition) is 2. The summed E-state index contributed by atoms with van der Waals surface area (Å²) in [6, 6.07) is 6.33. The molecule has 1 heterocycles. The van der Waals surface area contributed by atoms with E-state index >= 15 is 0 Å². The maximum Gasteiger partial charge on any atom is 0.244 e. The molecule has 1 aromatic carbocycles. The Morgan fingerprint density at radius 3 is 2.68 bits per heavy atom. The number of hydrogen-bond acceptors (Lipinski definition) is 5. The summed E-state index contributed by atoms with van der Waals surface area (Å²) in [5, 5.41) is 14.0. The molecule has 5 nitrogen and oxygen atoms in total. The normalized spacial score (nSPS) is 11.9. The van der Waals surface area contributed by atoms with Gasteiger partial charge in [0.25, 0.3) is 0 Å². The zero-order chi connectivity index (χ0) is 13.7. The quantitative estimate of drug-likeness (QED) is 0.866. The molecule has 1 unspecified atom stereocenters. The molecule has 0 fully saturated rings. The summed E-state index contributed by atoms with van der Waals surface area (Å²) in [6.45, 7) is 4.12. The Balaban J connectivity index is 2.08. The first kappa shape index (κ1) is 13.2. The summed E-state index contributed by atoms with van der Waals surface area (Å²) in [7, 11) is 0. The van der Waals surface area contributed by atoms with Crippen molar-refractivity contribution in [3.05, 3.63) is 36.3 Å². The van der Waals surface area contributed by atoms with E-state index in [9.17, 15) is 4.39 Å². The van der Waals surface area contributed by atoms with Crippen LogP contribution in [0.15, 0.2) is 30.5 Å². The van der Waals surface area contributed by atoms with Crippen LogP contribution in [0, 0.1) is 5.82 Å². The minimum atomic E-state index is -0.273. The maximum absolute atomic E-state index is 12.8. The van der Waals surface area contributed by atoms with Crippen LogP contribution in [0.3, 0.4) is 0 Å². The van der Waals surface area contributed by atoms with Gasteiger partial charge in [0.15, 0.2) is 5.82 Å². The van der Waals surface area contributed by atoms with Gasteiger partial charge in [-0.1, -0.05) is 6.92 Å². The molecule has 1 atom stereocenters. The van der Waals surface area contributed by atoms with Gasteiger partial charge in [-0.2, -0.15) is 10.1 Å². The fourth-order valence-electron chi connectivity index (χ4n) is 1.43. The van der Waals surface area contributed by atoms with Crippen molar-refractivity contribution in [3.8, 4) is 0 Å². The van der Waals surface area contributed by atoms with E-state index in [1.165, 1.54) is 18.3 Å². The summed E-state index contributed by atoms with van der Waals surface area (Å²) < 4.78 is 12.8. The Bertz CT molecular complexity index is 529. The van der Waals surface area contributed by atoms with Crippen LogP contribution in [0.2, 0.25) is 0 Å². The third kappa shape index (κ3) is 3.87. The molecule has 2 rings (SSSR count). The highest BCUT2D eigenvalue weighted by atomic mass is 19.1. The van der Waals surface area contributed by atoms with E-state index in [1.807, 2.05) is 6.92 Å². The van der Waals surface area contributed by atoms with Crippen LogP contribution >= 0.6 is 0 Å². The summed E-state index contributed by atoms with van der Waals surface area (Å²) in [5.41, 5.74) is 0.747. The van der Waals surface area contributed by atoms with Crippen LogP contribution < -0.4 is 10.6 Å². The molecule has 6 heteroatoms. The predicted molar refractivity (Wildman–Crippen MR) is 72.9 cm³/mol. The van der Waals surface area contributed by atoms with Crippen LogP contribution in [0.25, 0.3) is 0 Å². The van der Waals surface area contributed by atoms with Crippen LogP contribution in [-0.2, 0) is 0 Å². The molecular weight excluding hydrogens is 245 g/mol. The van der Waals surface area contributed by atoms with Gasteiger partial charge in [-0.25, -0.2) is 4.39 Å². The molecule has 0 spiro atoms. The Morgan fingerprint density at radius 2 is 2.00 bits per heavy atom. The van der Waals surface area contributed by atoms with Crippen LogP contribution in [0.1, 0.15) is 20.3 Å². The van der Waals surface area contributed by atoms with E-state index in [-0.39, 0.29) is 11.9 Å². The molecule has 1 aromatic heterocycles. The van der Waals surface area contributed by atoms with Crippen molar-refractivity contribution in [1.82, 2.24) is 15.2 Å². The fourth-order valence-corrected chi connectivity index (χ4v) is 1.43. The van der Waals surface area contributed by atoms with Gasteiger partial charge in [-0.15, -0.1) is 5.10 Å². The largest absolute Gasteiger partial charge is 0.350 e. The lowest BCUT2D eigenvalue weighted by Crippen LogP contribution is -2.16. The lowest BCUT2D eigenvalue weighted by Gasteiger charge is -2.11. The third-order valence-electron chi connectivity index (χ3n) is 2.66. The van der Waals surface area contributed by atoms with E-state index in [2.05, 4.69) is 32.7 Å². The predicted octanol–water partition coefficient (Wildman–Crippen LogP) is 2.96. The molecular formula is C13H16FN5. The van der Waals surface area contributed by atoms with Crippen LogP contribution in [0.5, 0.6) is 0 Å². The van der Waals surface area contributed by atoms with Gasteiger partial charge in [0, 0.05) is 11.7 Å². The van der Waals surface area contributed by atoms with Crippen molar-refractivity contribution in [2.75, 3.05) is 10.6 Å². The average Bonchev–Trinajstić information content (AvgIpc) is 2.42. The zero-order valence-corrected chi connectivity index (χ0v) is 10.9. The van der Waals surface area contributed by atoms with Crippen molar-refractivity contribution in [2.45, 2.75) is 26.3 Å². The Kier molecular flexibility index (Phi) is 4.22. The second-order valence-electron chi connectivity index (χ2n) is 4.25. The number of benzene rings is 1. The van der Waals surface area contributed by atoms with E-state index in [1.54, 1.807) is 12.1 Å². The van der Waals surface area contributed by atoms with Crippen LogP contribution in [0.4, 0.5) is 21.8 Å². The first-order chi connectivity index (χ1) is 9.17. The summed E-state index contributed by atoms with van der Waals surface area (Å²) >= 11 is 0. The standard InChI is InChI=1S/C13H16FN5/c1-3-9(2)16-13-18-12(8-15-19-13)17-11-6-4-10(14)5-7-11/h4-9H,3H2,1-2H3,(H2,16,17,18,19). The smallest absolute Gasteiger partial charge is 0.244 e. The minimum Gasteiger partial charge on any atom is -0.350 e. The number of aromatic nitrogens is 3. The topological polar surface area (TPSA) is 62.7 Å². The van der Waals surface area contributed by atoms with Gasteiger partial charge in [0.05, 0.1) is 6.20 Å². The third-order valence-corrected chi connectivity index (χ3v) is 2.66. The van der Waals surface area contributed by atoms with Crippen molar-refractivity contribution in [3.63, 3.8) is 0 Å². The molecule has 0 aliphatic carbocycles. The molecule has 100 valence electrons. The first-order valence-electron chi connectivity index (χ1n) is 6.16. The van der Waals surface area contributed by atoms with Gasteiger partial charge in [-0.3, -0.25) is 0 Å².